The molecule has 3 aromatic rings. The van der Waals surface area contributed by atoms with Gasteiger partial charge in [-0.15, -0.1) is 0 Å². The molecule has 0 unspecified atom stereocenters. The number of rotatable bonds is 5. The Hall–Kier alpha value is -3.27. The van der Waals surface area contributed by atoms with Crippen LogP contribution in [0, 0.1) is 0 Å². The Morgan fingerprint density at radius 3 is 2.21 bits per heavy atom. The molecule has 0 aromatic heterocycles. The van der Waals surface area contributed by atoms with Crippen LogP contribution in [0.25, 0.3) is 0 Å². The van der Waals surface area contributed by atoms with E-state index in [0.29, 0.717) is 17.1 Å². The highest BCUT2D eigenvalue weighted by atomic mass is 16.5. The largest absolute Gasteiger partial charge is 0.457 e. The van der Waals surface area contributed by atoms with Crippen molar-refractivity contribution < 1.29 is 9.53 Å². The number of carbonyl (C=O) groups is 1. The lowest BCUT2D eigenvalue weighted by atomic mass is 10.1. The summed E-state index contributed by atoms with van der Waals surface area (Å²) in [6, 6.07) is 24.8. The van der Waals surface area contributed by atoms with E-state index in [9.17, 15) is 4.79 Å². The molecule has 142 valence electrons. The number of para-hydroxylation sites is 2. The lowest BCUT2D eigenvalue weighted by molar-refractivity contribution is 0.102. The van der Waals surface area contributed by atoms with Crippen molar-refractivity contribution in [2.75, 3.05) is 23.3 Å². The summed E-state index contributed by atoms with van der Waals surface area (Å²) in [5.41, 5.74) is 2.50. The number of carbonyl (C=O) groups excluding carboxylic acids is 1. The molecule has 4 heteroatoms. The molecule has 0 saturated carbocycles. The van der Waals surface area contributed by atoms with Crippen molar-refractivity contribution in [1.29, 1.82) is 0 Å². The highest BCUT2D eigenvalue weighted by Gasteiger charge is 2.14. The van der Waals surface area contributed by atoms with Crippen LogP contribution in [0.3, 0.4) is 0 Å². The lowest BCUT2D eigenvalue weighted by Gasteiger charge is -2.28. The van der Waals surface area contributed by atoms with Gasteiger partial charge >= 0.3 is 0 Å². The van der Waals surface area contributed by atoms with Gasteiger partial charge in [0.2, 0.25) is 0 Å². The number of anilines is 2. The van der Waals surface area contributed by atoms with Crippen LogP contribution in [0.4, 0.5) is 11.4 Å². The maximum Gasteiger partial charge on any atom is 0.259 e. The third-order valence-corrected chi connectivity index (χ3v) is 4.95. The summed E-state index contributed by atoms with van der Waals surface area (Å²) >= 11 is 0. The van der Waals surface area contributed by atoms with Crippen molar-refractivity contribution in [3.63, 3.8) is 0 Å². The van der Waals surface area contributed by atoms with Gasteiger partial charge in [0, 0.05) is 24.5 Å². The predicted molar refractivity (Wildman–Crippen MR) is 113 cm³/mol. The summed E-state index contributed by atoms with van der Waals surface area (Å²) in [5, 5.41) is 2.98. The molecule has 0 radical (unpaired) electrons. The molecule has 0 atom stereocenters. The SMILES string of the molecule is O=C(Nc1ccc(N2CCCCC2)cc1)c1ccccc1Oc1ccccc1. The Morgan fingerprint density at radius 1 is 0.786 bits per heavy atom. The Kier molecular flexibility index (Phi) is 5.57. The predicted octanol–water partition coefficient (Wildman–Crippen LogP) is 5.72. The zero-order valence-electron chi connectivity index (χ0n) is 15.8. The molecular formula is C24H24N2O2. The molecule has 4 rings (SSSR count). The third-order valence-electron chi connectivity index (χ3n) is 4.95. The topological polar surface area (TPSA) is 41.6 Å². The lowest BCUT2D eigenvalue weighted by Crippen LogP contribution is -2.29. The minimum Gasteiger partial charge on any atom is -0.457 e. The van der Waals surface area contributed by atoms with E-state index in [2.05, 4.69) is 22.3 Å². The van der Waals surface area contributed by atoms with Crippen LogP contribution in [0.15, 0.2) is 78.9 Å². The monoisotopic (exact) mass is 372 g/mol. The second kappa shape index (κ2) is 8.61. The summed E-state index contributed by atoms with van der Waals surface area (Å²) in [6.07, 6.45) is 3.81. The molecule has 1 N–H and O–H groups in total. The van der Waals surface area contributed by atoms with Crippen LogP contribution >= 0.6 is 0 Å². The second-order valence-corrected chi connectivity index (χ2v) is 6.96. The van der Waals surface area contributed by atoms with Gasteiger partial charge in [-0.1, -0.05) is 30.3 Å². The summed E-state index contributed by atoms with van der Waals surface area (Å²) in [5.74, 6) is 1.06. The molecule has 4 nitrogen and oxygen atoms in total. The highest BCUT2D eigenvalue weighted by Crippen LogP contribution is 2.26. The van der Waals surface area contributed by atoms with Gasteiger partial charge in [0.05, 0.1) is 5.56 Å². The quantitative estimate of drug-likeness (QED) is 0.623. The Labute approximate surface area is 165 Å². The first kappa shape index (κ1) is 18.1. The van der Waals surface area contributed by atoms with Gasteiger partial charge in [0.1, 0.15) is 11.5 Å². The number of amides is 1. The molecule has 0 bridgehead atoms. The van der Waals surface area contributed by atoms with Gasteiger partial charge in [0.25, 0.3) is 5.91 Å². The number of hydrogen-bond donors (Lipinski definition) is 1. The van der Waals surface area contributed by atoms with Gasteiger partial charge in [-0.05, 0) is 67.8 Å². The third kappa shape index (κ3) is 4.34. The van der Waals surface area contributed by atoms with Crippen molar-refractivity contribution in [3.8, 4) is 11.5 Å². The molecule has 1 aliphatic rings. The Balaban J connectivity index is 1.46. The van der Waals surface area contributed by atoms with Gasteiger partial charge in [-0.2, -0.15) is 0 Å². The molecule has 1 saturated heterocycles. The summed E-state index contributed by atoms with van der Waals surface area (Å²) in [7, 11) is 0. The minimum absolute atomic E-state index is 0.183. The van der Waals surface area contributed by atoms with Crippen LogP contribution < -0.4 is 15.0 Å². The maximum atomic E-state index is 12.8. The number of nitrogens with one attached hydrogen (secondary N) is 1. The van der Waals surface area contributed by atoms with E-state index >= 15 is 0 Å². The molecule has 3 aromatic carbocycles. The Bertz CT molecular complexity index is 917. The number of ether oxygens (including phenoxy) is 1. The van der Waals surface area contributed by atoms with E-state index in [0.717, 1.165) is 18.8 Å². The average Bonchev–Trinajstić information content (AvgIpc) is 2.76. The van der Waals surface area contributed by atoms with Crippen molar-refractivity contribution in [3.05, 3.63) is 84.4 Å². The molecule has 0 aliphatic carbocycles. The van der Waals surface area contributed by atoms with Crippen molar-refractivity contribution >= 4 is 17.3 Å². The van der Waals surface area contributed by atoms with Crippen molar-refractivity contribution in [2.45, 2.75) is 19.3 Å². The van der Waals surface area contributed by atoms with Crippen molar-refractivity contribution in [1.82, 2.24) is 0 Å². The first-order valence-corrected chi connectivity index (χ1v) is 9.78. The van der Waals surface area contributed by atoms with Crippen molar-refractivity contribution in [2.24, 2.45) is 0 Å². The van der Waals surface area contributed by atoms with E-state index < -0.39 is 0 Å². The standard InChI is InChI=1S/C24H24N2O2/c27-24(22-11-5-6-12-23(22)28-21-9-3-1-4-10-21)25-19-13-15-20(16-14-19)26-17-7-2-8-18-26/h1,3-6,9-16H,2,7-8,17-18H2,(H,25,27). The van der Waals surface area contributed by atoms with Crippen LogP contribution in [0.5, 0.6) is 11.5 Å². The fourth-order valence-electron chi connectivity index (χ4n) is 3.46. The van der Waals surface area contributed by atoms with Crippen LogP contribution in [-0.2, 0) is 0 Å². The zero-order chi connectivity index (χ0) is 19.2. The number of piperidine rings is 1. The van der Waals surface area contributed by atoms with E-state index in [-0.39, 0.29) is 5.91 Å². The first-order valence-electron chi connectivity index (χ1n) is 9.78. The molecule has 1 aliphatic heterocycles. The fourth-order valence-corrected chi connectivity index (χ4v) is 3.46. The minimum atomic E-state index is -0.183. The normalized spacial score (nSPS) is 13.8. The van der Waals surface area contributed by atoms with E-state index in [1.807, 2.05) is 54.6 Å². The smallest absolute Gasteiger partial charge is 0.259 e. The number of benzene rings is 3. The fraction of sp³-hybridized carbons (Fsp3) is 0.208. The van der Waals surface area contributed by atoms with Gasteiger partial charge in [-0.25, -0.2) is 0 Å². The molecule has 28 heavy (non-hydrogen) atoms. The van der Waals surface area contributed by atoms with Gasteiger partial charge in [0.15, 0.2) is 0 Å². The van der Waals surface area contributed by atoms with Gasteiger partial charge < -0.3 is 15.0 Å². The summed E-state index contributed by atoms with van der Waals surface area (Å²) in [4.78, 5) is 15.2. The first-order chi connectivity index (χ1) is 13.8. The molecule has 1 amide bonds. The number of nitrogens with zero attached hydrogens (tertiary/aromatic N) is 1. The van der Waals surface area contributed by atoms with Crippen LogP contribution in [-0.4, -0.2) is 19.0 Å². The maximum absolute atomic E-state index is 12.8. The van der Waals surface area contributed by atoms with Gasteiger partial charge in [-0.3, -0.25) is 4.79 Å². The molecule has 1 fully saturated rings. The van der Waals surface area contributed by atoms with E-state index in [4.69, 9.17) is 4.74 Å². The molecule has 0 spiro atoms. The zero-order valence-corrected chi connectivity index (χ0v) is 15.8. The molecular weight excluding hydrogens is 348 g/mol. The van der Waals surface area contributed by atoms with Crippen LogP contribution in [0.1, 0.15) is 29.6 Å². The highest BCUT2D eigenvalue weighted by molar-refractivity contribution is 6.06. The Morgan fingerprint density at radius 2 is 1.46 bits per heavy atom. The van der Waals surface area contributed by atoms with E-state index in [1.54, 1.807) is 12.1 Å². The van der Waals surface area contributed by atoms with E-state index in [1.165, 1.54) is 24.9 Å². The summed E-state index contributed by atoms with van der Waals surface area (Å²) < 4.78 is 5.90. The number of hydrogen-bond acceptors (Lipinski definition) is 3. The molecule has 1 heterocycles. The summed E-state index contributed by atoms with van der Waals surface area (Å²) in [6.45, 7) is 2.21. The van der Waals surface area contributed by atoms with Crippen LogP contribution in [0.2, 0.25) is 0 Å². The second-order valence-electron chi connectivity index (χ2n) is 6.96. The average molecular weight is 372 g/mol.